The summed E-state index contributed by atoms with van der Waals surface area (Å²) in [5, 5.41) is 14.7. The molecular weight excluding hydrogens is 292 g/mol. The maximum Gasteiger partial charge on any atom is 0.0845 e. The fraction of sp³-hybridized carbons (Fsp3) is 0.357. The standard InChI is InChI=1S/C14H17BrN2O/c1-3-17-13(7-10(2)16-17)9-14(18)11-5-4-6-12(15)8-11/h4-8,14,18H,3,9H2,1-2H3. The number of benzene rings is 1. The summed E-state index contributed by atoms with van der Waals surface area (Å²) in [7, 11) is 0. The van der Waals surface area contributed by atoms with Crippen molar-refractivity contribution in [3.63, 3.8) is 0 Å². The van der Waals surface area contributed by atoms with Crippen LogP contribution in [0.15, 0.2) is 34.8 Å². The van der Waals surface area contributed by atoms with Crippen LogP contribution in [0.25, 0.3) is 0 Å². The van der Waals surface area contributed by atoms with Crippen molar-refractivity contribution in [1.82, 2.24) is 9.78 Å². The van der Waals surface area contributed by atoms with Crippen molar-refractivity contribution in [3.8, 4) is 0 Å². The number of hydrogen-bond donors (Lipinski definition) is 1. The van der Waals surface area contributed by atoms with Gasteiger partial charge in [0.2, 0.25) is 0 Å². The van der Waals surface area contributed by atoms with E-state index in [1.807, 2.05) is 41.9 Å². The fourth-order valence-corrected chi connectivity index (χ4v) is 2.48. The molecule has 1 atom stereocenters. The van der Waals surface area contributed by atoms with Gasteiger partial charge >= 0.3 is 0 Å². The van der Waals surface area contributed by atoms with Gasteiger partial charge in [0.05, 0.1) is 11.8 Å². The quantitative estimate of drug-likeness (QED) is 0.941. The van der Waals surface area contributed by atoms with Crippen LogP contribution >= 0.6 is 15.9 Å². The van der Waals surface area contributed by atoms with E-state index in [-0.39, 0.29) is 0 Å². The number of aliphatic hydroxyl groups excluding tert-OH is 1. The van der Waals surface area contributed by atoms with Crippen LogP contribution < -0.4 is 0 Å². The van der Waals surface area contributed by atoms with Crippen LogP contribution in [0.3, 0.4) is 0 Å². The van der Waals surface area contributed by atoms with Gasteiger partial charge in [0.25, 0.3) is 0 Å². The molecule has 18 heavy (non-hydrogen) atoms. The second kappa shape index (κ2) is 5.67. The first-order valence-electron chi connectivity index (χ1n) is 6.07. The minimum Gasteiger partial charge on any atom is -0.388 e. The molecule has 1 heterocycles. The first-order valence-corrected chi connectivity index (χ1v) is 6.86. The summed E-state index contributed by atoms with van der Waals surface area (Å²) in [6, 6.07) is 9.81. The van der Waals surface area contributed by atoms with Crippen molar-refractivity contribution in [2.24, 2.45) is 0 Å². The average Bonchev–Trinajstić information content (AvgIpc) is 2.69. The van der Waals surface area contributed by atoms with Gasteiger partial charge in [-0.25, -0.2) is 0 Å². The molecule has 0 aliphatic carbocycles. The van der Waals surface area contributed by atoms with Crippen LogP contribution in [-0.2, 0) is 13.0 Å². The molecule has 0 amide bonds. The summed E-state index contributed by atoms with van der Waals surface area (Å²) < 4.78 is 2.93. The smallest absolute Gasteiger partial charge is 0.0845 e. The second-order valence-electron chi connectivity index (χ2n) is 4.37. The van der Waals surface area contributed by atoms with E-state index in [1.165, 1.54) is 0 Å². The molecule has 0 bridgehead atoms. The van der Waals surface area contributed by atoms with Crippen LogP contribution in [-0.4, -0.2) is 14.9 Å². The number of aliphatic hydroxyl groups is 1. The zero-order valence-corrected chi connectivity index (χ0v) is 12.2. The van der Waals surface area contributed by atoms with Gasteiger partial charge in [-0.1, -0.05) is 28.1 Å². The summed E-state index contributed by atoms with van der Waals surface area (Å²) in [6.45, 7) is 4.86. The molecule has 96 valence electrons. The van der Waals surface area contributed by atoms with Crippen molar-refractivity contribution in [2.45, 2.75) is 32.9 Å². The predicted octanol–water partition coefficient (Wildman–Crippen LogP) is 3.25. The number of rotatable bonds is 4. The summed E-state index contributed by atoms with van der Waals surface area (Å²) in [5.74, 6) is 0. The number of nitrogens with zero attached hydrogens (tertiary/aromatic N) is 2. The van der Waals surface area contributed by atoms with Gasteiger partial charge in [0.1, 0.15) is 0 Å². The molecule has 0 radical (unpaired) electrons. The Morgan fingerprint density at radius 1 is 1.39 bits per heavy atom. The lowest BCUT2D eigenvalue weighted by Crippen LogP contribution is -2.08. The Morgan fingerprint density at radius 3 is 2.83 bits per heavy atom. The minimum atomic E-state index is -0.496. The highest BCUT2D eigenvalue weighted by molar-refractivity contribution is 9.10. The number of aromatic nitrogens is 2. The molecule has 4 heteroatoms. The molecule has 0 saturated carbocycles. The van der Waals surface area contributed by atoms with E-state index >= 15 is 0 Å². The van der Waals surface area contributed by atoms with E-state index in [4.69, 9.17) is 0 Å². The topological polar surface area (TPSA) is 38.0 Å². The molecule has 1 N–H and O–H groups in total. The lowest BCUT2D eigenvalue weighted by Gasteiger charge is -2.12. The maximum absolute atomic E-state index is 10.3. The molecule has 0 fully saturated rings. The van der Waals surface area contributed by atoms with E-state index in [9.17, 15) is 5.11 Å². The largest absolute Gasteiger partial charge is 0.388 e. The van der Waals surface area contributed by atoms with Gasteiger partial charge in [-0.2, -0.15) is 5.10 Å². The van der Waals surface area contributed by atoms with Crippen molar-refractivity contribution in [3.05, 3.63) is 51.8 Å². The first-order chi connectivity index (χ1) is 8.60. The Bertz CT molecular complexity index is 536. The van der Waals surface area contributed by atoms with E-state index in [2.05, 4.69) is 28.0 Å². The molecule has 2 aromatic rings. The van der Waals surface area contributed by atoms with Crippen LogP contribution in [0.2, 0.25) is 0 Å². The molecule has 1 aromatic heterocycles. The third-order valence-corrected chi connectivity index (χ3v) is 3.41. The van der Waals surface area contributed by atoms with Crippen molar-refractivity contribution in [2.75, 3.05) is 0 Å². The van der Waals surface area contributed by atoms with Gasteiger partial charge in [-0.3, -0.25) is 4.68 Å². The van der Waals surface area contributed by atoms with E-state index in [0.717, 1.165) is 28.0 Å². The van der Waals surface area contributed by atoms with Crippen LogP contribution in [0.4, 0.5) is 0 Å². The SMILES string of the molecule is CCn1nc(C)cc1CC(O)c1cccc(Br)c1. The highest BCUT2D eigenvalue weighted by Crippen LogP contribution is 2.22. The highest BCUT2D eigenvalue weighted by atomic mass is 79.9. The molecule has 0 spiro atoms. The van der Waals surface area contributed by atoms with Gasteiger partial charge in [0.15, 0.2) is 0 Å². The molecule has 3 nitrogen and oxygen atoms in total. The molecule has 1 unspecified atom stereocenters. The van der Waals surface area contributed by atoms with Crippen molar-refractivity contribution < 1.29 is 5.11 Å². The summed E-state index contributed by atoms with van der Waals surface area (Å²) in [5.41, 5.74) is 2.99. The zero-order chi connectivity index (χ0) is 13.1. The van der Waals surface area contributed by atoms with Crippen molar-refractivity contribution in [1.29, 1.82) is 0 Å². The zero-order valence-electron chi connectivity index (χ0n) is 10.6. The summed E-state index contributed by atoms with van der Waals surface area (Å²) in [4.78, 5) is 0. The van der Waals surface area contributed by atoms with Gasteiger partial charge in [-0.15, -0.1) is 0 Å². The lowest BCUT2D eigenvalue weighted by molar-refractivity contribution is 0.175. The fourth-order valence-electron chi connectivity index (χ4n) is 2.07. The van der Waals surface area contributed by atoms with Gasteiger partial charge < -0.3 is 5.11 Å². The average molecular weight is 309 g/mol. The predicted molar refractivity (Wildman–Crippen MR) is 75.4 cm³/mol. The Morgan fingerprint density at radius 2 is 2.17 bits per heavy atom. The monoisotopic (exact) mass is 308 g/mol. The Hall–Kier alpha value is -1.13. The van der Waals surface area contributed by atoms with Crippen LogP contribution in [0.5, 0.6) is 0 Å². The summed E-state index contributed by atoms with van der Waals surface area (Å²) in [6.07, 6.45) is 0.0920. The molecule has 2 rings (SSSR count). The van der Waals surface area contributed by atoms with E-state index in [0.29, 0.717) is 6.42 Å². The van der Waals surface area contributed by atoms with E-state index in [1.54, 1.807) is 0 Å². The highest BCUT2D eigenvalue weighted by Gasteiger charge is 2.12. The third kappa shape index (κ3) is 3.00. The Kier molecular flexibility index (Phi) is 4.19. The Balaban J connectivity index is 2.18. The molecule has 0 aliphatic rings. The molecular formula is C14H17BrN2O. The van der Waals surface area contributed by atoms with E-state index < -0.39 is 6.10 Å². The summed E-state index contributed by atoms with van der Waals surface area (Å²) >= 11 is 3.42. The number of aryl methyl sites for hydroxylation is 2. The van der Waals surface area contributed by atoms with Crippen molar-refractivity contribution >= 4 is 15.9 Å². The van der Waals surface area contributed by atoms with Gasteiger partial charge in [0, 0.05) is 23.1 Å². The van der Waals surface area contributed by atoms with Crippen LogP contribution in [0, 0.1) is 6.92 Å². The first kappa shape index (κ1) is 13.3. The van der Waals surface area contributed by atoms with Crippen LogP contribution in [0.1, 0.15) is 30.0 Å². The normalized spacial score (nSPS) is 12.7. The molecule has 0 saturated heterocycles. The molecule has 0 aliphatic heterocycles. The Labute approximate surface area is 116 Å². The number of hydrogen-bond acceptors (Lipinski definition) is 2. The minimum absolute atomic E-state index is 0.496. The maximum atomic E-state index is 10.3. The number of halogens is 1. The third-order valence-electron chi connectivity index (χ3n) is 2.92. The molecule has 1 aromatic carbocycles. The van der Waals surface area contributed by atoms with Gasteiger partial charge in [-0.05, 0) is 37.6 Å². The lowest BCUT2D eigenvalue weighted by atomic mass is 10.0. The second-order valence-corrected chi connectivity index (χ2v) is 5.28.